The van der Waals surface area contributed by atoms with Crippen LogP contribution in [-0.2, 0) is 17.3 Å². The molecule has 6 heterocycles. The van der Waals surface area contributed by atoms with Crippen molar-refractivity contribution in [2.45, 2.75) is 38.0 Å². The van der Waals surface area contributed by atoms with Crippen LogP contribution in [0.4, 0.5) is 0 Å². The van der Waals surface area contributed by atoms with E-state index in [1.807, 2.05) is 35.6 Å². The minimum Gasteiger partial charge on any atom is -0.455 e. The first-order valence-corrected chi connectivity index (χ1v) is 39.7. The molecule has 0 aliphatic heterocycles. The first-order valence-electron chi connectivity index (χ1n) is 38.1. The van der Waals surface area contributed by atoms with Crippen LogP contribution in [0.5, 0.6) is 0 Å². The second-order valence-corrected chi connectivity index (χ2v) is 32.5. The number of nitrogens with zero attached hydrogens (tertiary/aromatic N) is 6. The minimum atomic E-state index is -0.511. The highest BCUT2D eigenvalue weighted by Gasteiger charge is 2.42. The fourth-order valence-corrected chi connectivity index (χ4v) is 20.8. The van der Waals surface area contributed by atoms with Crippen molar-refractivity contribution in [3.8, 4) is 124 Å². The summed E-state index contributed by atoms with van der Waals surface area (Å²) in [5, 5.41) is 9.23. The van der Waals surface area contributed by atoms with Gasteiger partial charge in [-0.05, 0) is 115 Å². The van der Waals surface area contributed by atoms with Gasteiger partial charge in [-0.2, -0.15) is 0 Å². The zero-order valence-corrected chi connectivity index (χ0v) is 62.8. The first-order chi connectivity index (χ1) is 55.1. The summed E-state index contributed by atoms with van der Waals surface area (Å²) in [6, 6.07) is 115. The lowest BCUT2D eigenvalue weighted by molar-refractivity contribution is 0.585. The molecule has 0 bridgehead atoms. The van der Waals surface area contributed by atoms with Crippen molar-refractivity contribution >= 4 is 107 Å². The fourth-order valence-electron chi connectivity index (χ4n) is 18.4. The molecule has 15 aromatic carbocycles. The Hall–Kier alpha value is -13.6. The maximum atomic E-state index is 6.56. The third-order valence-corrected chi connectivity index (χ3v) is 26.2. The number of aromatic nitrogens is 6. The van der Waals surface area contributed by atoms with Crippen molar-refractivity contribution in [1.82, 2.24) is 29.9 Å². The van der Waals surface area contributed by atoms with E-state index in [9.17, 15) is 0 Å². The van der Waals surface area contributed by atoms with E-state index in [1.165, 1.54) is 69.9 Å². The molecule has 1 atom stereocenters. The topological polar surface area (TPSA) is 104 Å². The van der Waals surface area contributed by atoms with Gasteiger partial charge in [0, 0.05) is 117 Å². The molecule has 0 spiro atoms. The zero-order chi connectivity index (χ0) is 74.1. The molecular weight excluding hydrogens is 1410 g/mol. The second kappa shape index (κ2) is 24.7. The lowest BCUT2D eigenvalue weighted by Gasteiger charge is -2.28. The van der Waals surface area contributed by atoms with E-state index in [0.717, 1.165) is 131 Å². The quantitative estimate of drug-likeness (QED) is 0.126. The lowest BCUT2D eigenvalue weighted by atomic mass is 9.74. The Balaban J connectivity index is 0.648. The highest BCUT2D eigenvalue weighted by atomic mass is 32.1. The highest BCUT2D eigenvalue weighted by molar-refractivity contribution is 7.26. The Bertz CT molecular complexity index is 7530. The molecule has 10 heteroatoms. The van der Waals surface area contributed by atoms with Crippen molar-refractivity contribution < 1.29 is 8.83 Å². The van der Waals surface area contributed by atoms with E-state index in [4.69, 9.17) is 38.7 Å². The van der Waals surface area contributed by atoms with E-state index < -0.39 is 5.41 Å². The van der Waals surface area contributed by atoms with Crippen LogP contribution < -0.4 is 0 Å². The Morgan fingerprint density at radius 1 is 0.259 bits per heavy atom. The molecule has 0 radical (unpaired) electrons. The summed E-state index contributed by atoms with van der Waals surface area (Å²) in [6.45, 7) is 7.08. The van der Waals surface area contributed by atoms with E-state index in [2.05, 4.69) is 318 Å². The Kier molecular flexibility index (Phi) is 14.2. The highest BCUT2D eigenvalue weighted by Crippen LogP contribution is 2.57. The molecule has 1 unspecified atom stereocenters. The number of hydrogen-bond donors (Lipinski definition) is 0. The standard InChI is InChI=1S/C102H64N6O2S2/c1-101(2)80-35-10-4-24-73(80)89-76(32-19-37-82(89)101)97-103-96(63-53-49-61(50-54-63)66-28-17-30-71-68-22-7-13-40-85(68)110-92(66)71)106-100(108-97)79-56-55-64(88-75-26-9-15-42-87(75)112-94(79)88)57-102(3)81-36-11-5-25-74(81)90-77(33-20-38-83(90)102)98-104-95(105-99(107-98)78-34-18-31-72-69-23-8-14-41-86(69)111-93(72)78)62-51-45-59(46-52-62)58-43-47-60(48-44-58)65-27-16-29-70-67-21-6-12-39-84(67)109-91(65)70/h4-56H,57H2,1-3H3. The number of para-hydroxylation sites is 4. The molecule has 6 aromatic heterocycles. The van der Waals surface area contributed by atoms with Crippen molar-refractivity contribution in [1.29, 1.82) is 0 Å². The molecule has 2 aliphatic rings. The lowest BCUT2D eigenvalue weighted by Crippen LogP contribution is -2.24. The monoisotopic (exact) mass is 1470 g/mol. The Morgan fingerprint density at radius 3 is 1.22 bits per heavy atom. The van der Waals surface area contributed by atoms with Crippen LogP contribution in [0.3, 0.4) is 0 Å². The van der Waals surface area contributed by atoms with Gasteiger partial charge in [0.05, 0.1) is 0 Å². The molecule has 112 heavy (non-hydrogen) atoms. The van der Waals surface area contributed by atoms with Gasteiger partial charge >= 0.3 is 0 Å². The second-order valence-electron chi connectivity index (χ2n) is 30.4. The van der Waals surface area contributed by atoms with Crippen LogP contribution in [-0.4, -0.2) is 29.9 Å². The summed E-state index contributed by atoms with van der Waals surface area (Å²) in [5.74, 6) is 3.68. The molecule has 0 amide bonds. The number of furan rings is 2. The number of rotatable bonds is 11. The number of fused-ring (bicyclic) bond motifs is 18. The van der Waals surface area contributed by atoms with Gasteiger partial charge in [0.2, 0.25) is 0 Å². The summed E-state index contributed by atoms with van der Waals surface area (Å²) < 4.78 is 17.7. The molecule has 526 valence electrons. The fraction of sp³-hybridized carbons (Fsp3) is 0.0588. The van der Waals surface area contributed by atoms with Crippen LogP contribution in [0.2, 0.25) is 0 Å². The normalized spacial score (nSPS) is 14.2. The maximum absolute atomic E-state index is 6.56. The average Bonchev–Trinajstić information content (AvgIpc) is 1.55. The van der Waals surface area contributed by atoms with Gasteiger partial charge in [0.15, 0.2) is 34.9 Å². The van der Waals surface area contributed by atoms with E-state index in [-0.39, 0.29) is 5.41 Å². The molecule has 21 aromatic rings. The average molecular weight is 1470 g/mol. The summed E-state index contributed by atoms with van der Waals surface area (Å²) in [7, 11) is 0. The van der Waals surface area contributed by atoms with Crippen molar-refractivity contribution in [2.75, 3.05) is 0 Å². The number of hydrogen-bond acceptors (Lipinski definition) is 10. The summed E-state index contributed by atoms with van der Waals surface area (Å²) >= 11 is 3.59. The van der Waals surface area contributed by atoms with E-state index >= 15 is 0 Å². The van der Waals surface area contributed by atoms with Gasteiger partial charge in [0.1, 0.15) is 22.3 Å². The summed E-state index contributed by atoms with van der Waals surface area (Å²) in [5.41, 5.74) is 25.8. The van der Waals surface area contributed by atoms with Crippen LogP contribution in [0.15, 0.2) is 330 Å². The molecule has 0 saturated carbocycles. The van der Waals surface area contributed by atoms with E-state index in [1.54, 1.807) is 11.3 Å². The van der Waals surface area contributed by atoms with Crippen molar-refractivity contribution in [3.63, 3.8) is 0 Å². The van der Waals surface area contributed by atoms with Gasteiger partial charge in [-0.15, -0.1) is 22.7 Å². The predicted molar refractivity (Wildman–Crippen MR) is 462 cm³/mol. The molecule has 23 rings (SSSR count). The SMILES string of the molecule is CC1(C)c2ccccc2-c2c(-c3nc(-c4ccc(-c5cccc6c5oc5ccccc56)cc4)nc(-c4ccc(CC5(C)c6ccccc6-c6c(-c7nc(-c8ccc(-c9ccc(-c%10cccc%11c%10oc%10ccccc%10%11)cc9)cc8)nc(-c8cccc9c8sc8ccccc89)n7)cccc65)c5c4sc4ccccc45)n3)cccc21. The number of benzene rings is 15. The summed E-state index contributed by atoms with van der Waals surface area (Å²) in [4.78, 5) is 33.4. The van der Waals surface area contributed by atoms with Crippen molar-refractivity contribution in [3.05, 3.63) is 349 Å². The third kappa shape index (κ3) is 9.84. The molecular formula is C102H64N6O2S2. The first kappa shape index (κ1) is 64.4. The molecule has 0 fully saturated rings. The smallest absolute Gasteiger partial charge is 0.165 e. The van der Waals surface area contributed by atoms with Gasteiger partial charge < -0.3 is 8.83 Å². The maximum Gasteiger partial charge on any atom is 0.165 e. The Labute approximate surface area is 652 Å². The van der Waals surface area contributed by atoms with Crippen LogP contribution >= 0.6 is 22.7 Å². The molecule has 0 N–H and O–H groups in total. The molecule has 0 saturated heterocycles. The third-order valence-electron chi connectivity index (χ3n) is 23.8. The largest absolute Gasteiger partial charge is 0.455 e. The van der Waals surface area contributed by atoms with Gasteiger partial charge in [-0.1, -0.05) is 306 Å². The van der Waals surface area contributed by atoms with Crippen LogP contribution in [0, 0.1) is 0 Å². The van der Waals surface area contributed by atoms with E-state index in [0.29, 0.717) is 41.4 Å². The summed E-state index contributed by atoms with van der Waals surface area (Å²) in [6.07, 6.45) is 0.694. The number of thiophene rings is 2. The zero-order valence-electron chi connectivity index (χ0n) is 61.1. The van der Waals surface area contributed by atoms with Crippen LogP contribution in [0.1, 0.15) is 48.6 Å². The minimum absolute atomic E-state index is 0.229. The van der Waals surface area contributed by atoms with Gasteiger partial charge in [0.25, 0.3) is 0 Å². The van der Waals surface area contributed by atoms with Gasteiger partial charge in [-0.3, -0.25) is 0 Å². The Morgan fingerprint density at radius 2 is 0.634 bits per heavy atom. The molecule has 2 aliphatic carbocycles. The molecule has 8 nitrogen and oxygen atoms in total. The van der Waals surface area contributed by atoms with Crippen molar-refractivity contribution in [2.24, 2.45) is 0 Å². The van der Waals surface area contributed by atoms with Crippen LogP contribution in [0.25, 0.3) is 208 Å². The van der Waals surface area contributed by atoms with Gasteiger partial charge in [-0.25, -0.2) is 29.9 Å². The predicted octanol–water partition coefficient (Wildman–Crippen LogP) is 27.4.